The lowest BCUT2D eigenvalue weighted by Crippen LogP contribution is -2.32. The van der Waals surface area contributed by atoms with Gasteiger partial charge in [0.05, 0.1) is 5.52 Å². The van der Waals surface area contributed by atoms with Gasteiger partial charge in [-0.05, 0) is 31.2 Å². The minimum absolute atomic E-state index is 0. The van der Waals surface area contributed by atoms with Gasteiger partial charge in [0.2, 0.25) is 0 Å². The van der Waals surface area contributed by atoms with Crippen molar-refractivity contribution in [1.82, 2.24) is 9.88 Å². The maximum atomic E-state index is 6.21. The van der Waals surface area contributed by atoms with Crippen molar-refractivity contribution in [3.8, 4) is 5.75 Å². The summed E-state index contributed by atoms with van der Waals surface area (Å²) in [6, 6.07) is 18.8. The number of halogens is 1. The molecule has 0 fully saturated rings. The van der Waals surface area contributed by atoms with E-state index in [0.29, 0.717) is 0 Å². The number of aryl methyl sites for hydroxylation is 2. The highest BCUT2D eigenvalue weighted by Crippen LogP contribution is 2.27. The second-order valence-corrected chi connectivity index (χ2v) is 5.54. The van der Waals surface area contributed by atoms with Gasteiger partial charge in [-0.3, -0.25) is 5.32 Å². The molecule has 0 aliphatic heterocycles. The number of fused-ring (bicyclic) bond motifs is 1. The van der Waals surface area contributed by atoms with Crippen LogP contribution in [-0.4, -0.2) is 17.8 Å². The summed E-state index contributed by atoms with van der Waals surface area (Å²) in [5.74, 6) is 0.928. The number of rotatable bonds is 6. The summed E-state index contributed by atoms with van der Waals surface area (Å²) in [4.78, 5) is 0. The molecule has 1 unspecified atom stereocenters. The molecule has 1 N–H and O–H groups in total. The SMILES string of the molecule is CNC(CCc1ccccc1)Oc1cccc2ccn(C)c12.Cl. The molecule has 0 bridgehead atoms. The van der Waals surface area contributed by atoms with E-state index in [0.717, 1.165) is 24.1 Å². The van der Waals surface area contributed by atoms with Crippen molar-refractivity contribution in [3.63, 3.8) is 0 Å². The molecule has 0 aliphatic rings. The molecule has 122 valence electrons. The van der Waals surface area contributed by atoms with Crippen LogP contribution in [0.4, 0.5) is 0 Å². The Morgan fingerprint density at radius 3 is 2.57 bits per heavy atom. The Kier molecular flexibility index (Phi) is 6.08. The van der Waals surface area contributed by atoms with Gasteiger partial charge in [0.1, 0.15) is 12.0 Å². The van der Waals surface area contributed by atoms with E-state index in [9.17, 15) is 0 Å². The molecule has 3 nitrogen and oxygen atoms in total. The van der Waals surface area contributed by atoms with Gasteiger partial charge >= 0.3 is 0 Å². The van der Waals surface area contributed by atoms with Crippen LogP contribution in [0.25, 0.3) is 10.9 Å². The molecule has 3 aromatic rings. The molecule has 3 rings (SSSR count). The maximum absolute atomic E-state index is 6.21. The van der Waals surface area contributed by atoms with E-state index in [1.165, 1.54) is 10.9 Å². The highest BCUT2D eigenvalue weighted by molar-refractivity contribution is 5.86. The third-order valence-corrected chi connectivity index (χ3v) is 3.99. The molecule has 2 aromatic carbocycles. The molecule has 1 aromatic heterocycles. The Bertz CT molecular complexity index is 739. The van der Waals surface area contributed by atoms with E-state index in [2.05, 4.69) is 52.5 Å². The summed E-state index contributed by atoms with van der Waals surface area (Å²) in [5, 5.41) is 4.47. The Balaban J connectivity index is 0.00000192. The normalized spacial score (nSPS) is 11.9. The first-order valence-electron chi connectivity index (χ1n) is 7.70. The second kappa shape index (κ2) is 8.04. The maximum Gasteiger partial charge on any atom is 0.150 e. The second-order valence-electron chi connectivity index (χ2n) is 5.54. The predicted octanol–water partition coefficient (Wildman–Crippen LogP) is 4.16. The molecule has 0 saturated carbocycles. The van der Waals surface area contributed by atoms with Crippen molar-refractivity contribution in [3.05, 3.63) is 66.4 Å². The van der Waals surface area contributed by atoms with E-state index in [1.807, 2.05) is 32.3 Å². The fraction of sp³-hybridized carbons (Fsp3) is 0.263. The van der Waals surface area contributed by atoms with Gasteiger partial charge in [0.25, 0.3) is 0 Å². The first-order chi connectivity index (χ1) is 10.8. The van der Waals surface area contributed by atoms with Gasteiger partial charge in [-0.1, -0.05) is 42.5 Å². The molecule has 1 atom stereocenters. The van der Waals surface area contributed by atoms with Crippen LogP contribution < -0.4 is 10.1 Å². The Labute approximate surface area is 143 Å². The molecule has 1 heterocycles. The summed E-state index contributed by atoms with van der Waals surface area (Å²) in [7, 11) is 3.99. The quantitative estimate of drug-likeness (QED) is 0.687. The number of hydrogen-bond acceptors (Lipinski definition) is 2. The lowest BCUT2D eigenvalue weighted by Gasteiger charge is -2.19. The Morgan fingerprint density at radius 2 is 1.83 bits per heavy atom. The van der Waals surface area contributed by atoms with Gasteiger partial charge in [0, 0.05) is 25.1 Å². The zero-order chi connectivity index (χ0) is 15.4. The first-order valence-corrected chi connectivity index (χ1v) is 7.70. The van der Waals surface area contributed by atoms with Gasteiger partial charge < -0.3 is 9.30 Å². The molecule has 0 radical (unpaired) electrons. The number of benzene rings is 2. The van der Waals surface area contributed by atoms with Crippen LogP contribution in [0.3, 0.4) is 0 Å². The third kappa shape index (κ3) is 4.06. The summed E-state index contributed by atoms with van der Waals surface area (Å²) in [5.41, 5.74) is 2.48. The first kappa shape index (κ1) is 17.4. The Hall–Kier alpha value is -1.97. The van der Waals surface area contributed by atoms with E-state index in [1.54, 1.807) is 0 Å². The number of nitrogens with zero attached hydrogens (tertiary/aromatic N) is 1. The van der Waals surface area contributed by atoms with Crippen molar-refractivity contribution in [2.24, 2.45) is 7.05 Å². The molecule has 23 heavy (non-hydrogen) atoms. The fourth-order valence-electron chi connectivity index (χ4n) is 2.77. The molecular weight excluding hydrogens is 308 g/mol. The fourth-order valence-corrected chi connectivity index (χ4v) is 2.77. The lowest BCUT2D eigenvalue weighted by atomic mass is 10.1. The minimum atomic E-state index is 0. The lowest BCUT2D eigenvalue weighted by molar-refractivity contribution is 0.165. The van der Waals surface area contributed by atoms with Gasteiger partial charge in [-0.25, -0.2) is 0 Å². The van der Waals surface area contributed by atoms with Crippen LogP contribution in [0, 0.1) is 0 Å². The summed E-state index contributed by atoms with van der Waals surface area (Å²) >= 11 is 0. The van der Waals surface area contributed by atoms with Crippen LogP contribution >= 0.6 is 12.4 Å². The zero-order valence-electron chi connectivity index (χ0n) is 13.5. The van der Waals surface area contributed by atoms with Crippen molar-refractivity contribution in [2.45, 2.75) is 19.1 Å². The number of ether oxygens (including phenoxy) is 1. The average molecular weight is 331 g/mol. The third-order valence-electron chi connectivity index (χ3n) is 3.99. The van der Waals surface area contributed by atoms with Crippen LogP contribution in [0.2, 0.25) is 0 Å². The number of hydrogen-bond donors (Lipinski definition) is 1. The largest absolute Gasteiger partial charge is 0.473 e. The molecular formula is C19H23ClN2O. The molecule has 0 spiro atoms. The summed E-state index contributed by atoms with van der Waals surface area (Å²) in [6.07, 6.45) is 3.99. The minimum Gasteiger partial charge on any atom is -0.473 e. The summed E-state index contributed by atoms with van der Waals surface area (Å²) < 4.78 is 8.31. The van der Waals surface area contributed by atoms with E-state index in [4.69, 9.17) is 4.74 Å². The van der Waals surface area contributed by atoms with Gasteiger partial charge in [-0.2, -0.15) is 0 Å². The van der Waals surface area contributed by atoms with E-state index >= 15 is 0 Å². The van der Waals surface area contributed by atoms with Gasteiger partial charge in [-0.15, -0.1) is 12.4 Å². The smallest absolute Gasteiger partial charge is 0.150 e. The standard InChI is InChI=1S/C19H22N2O.ClH/c1-20-18(12-11-15-7-4-3-5-8-15)22-17-10-6-9-16-13-14-21(2)19(16)17;/h3-10,13-14,18,20H,11-12H2,1-2H3;1H. The Morgan fingerprint density at radius 1 is 1.04 bits per heavy atom. The highest BCUT2D eigenvalue weighted by Gasteiger charge is 2.12. The summed E-state index contributed by atoms with van der Waals surface area (Å²) in [6.45, 7) is 0. The number of aromatic nitrogens is 1. The zero-order valence-corrected chi connectivity index (χ0v) is 14.3. The van der Waals surface area contributed by atoms with Crippen molar-refractivity contribution in [2.75, 3.05) is 7.05 Å². The number of nitrogens with one attached hydrogen (secondary N) is 1. The monoisotopic (exact) mass is 330 g/mol. The molecule has 0 aliphatic carbocycles. The van der Waals surface area contributed by atoms with Gasteiger partial charge in [0.15, 0.2) is 0 Å². The van der Waals surface area contributed by atoms with Crippen LogP contribution in [0.1, 0.15) is 12.0 Å². The molecule has 0 amide bonds. The van der Waals surface area contributed by atoms with Crippen molar-refractivity contribution in [1.29, 1.82) is 0 Å². The van der Waals surface area contributed by atoms with Crippen LogP contribution in [0.5, 0.6) is 5.75 Å². The van der Waals surface area contributed by atoms with E-state index < -0.39 is 0 Å². The molecule has 4 heteroatoms. The number of para-hydroxylation sites is 1. The highest BCUT2D eigenvalue weighted by atomic mass is 35.5. The van der Waals surface area contributed by atoms with Crippen LogP contribution in [0.15, 0.2) is 60.8 Å². The van der Waals surface area contributed by atoms with Crippen molar-refractivity contribution < 1.29 is 4.74 Å². The average Bonchev–Trinajstić information content (AvgIpc) is 2.94. The van der Waals surface area contributed by atoms with Crippen molar-refractivity contribution >= 4 is 23.3 Å². The topological polar surface area (TPSA) is 26.2 Å². The molecule has 0 saturated heterocycles. The van der Waals surface area contributed by atoms with E-state index in [-0.39, 0.29) is 18.6 Å². The predicted molar refractivity (Wildman–Crippen MR) is 98.4 cm³/mol. The van der Waals surface area contributed by atoms with Crippen LogP contribution in [-0.2, 0) is 13.5 Å².